The van der Waals surface area contributed by atoms with Gasteiger partial charge in [-0.2, -0.15) is 0 Å². The number of hydrogen-bond donors (Lipinski definition) is 2. The Hall–Kier alpha value is -5.38. The van der Waals surface area contributed by atoms with Gasteiger partial charge in [-0.25, -0.2) is 0 Å². The van der Waals surface area contributed by atoms with Gasteiger partial charge in [0.05, 0.1) is 10.0 Å². The number of amides is 2. The maximum absolute atomic E-state index is 12.4. The Morgan fingerprint density at radius 2 is 0.818 bits per heavy atom. The van der Waals surface area contributed by atoms with Crippen LogP contribution in [0, 0.1) is 0 Å². The molecule has 6 rings (SSSR count). The van der Waals surface area contributed by atoms with Crippen molar-refractivity contribution in [3.8, 4) is 34.5 Å². The number of nitrogens with one attached hydrogen (secondary N) is 2. The van der Waals surface area contributed by atoms with Crippen LogP contribution in [0.1, 0.15) is 25.0 Å². The lowest BCUT2D eigenvalue weighted by Gasteiger charge is -2.26. The number of anilines is 2. The predicted molar refractivity (Wildman–Crippen MR) is 219 cm³/mol. The minimum absolute atomic E-state index is 0.208. The highest BCUT2D eigenvalue weighted by atomic mass is 35.5. The summed E-state index contributed by atoms with van der Waals surface area (Å²) in [6, 6.07) is 39.6. The van der Waals surface area contributed by atoms with Crippen LogP contribution in [-0.4, -0.2) is 25.0 Å². The van der Waals surface area contributed by atoms with E-state index in [2.05, 4.69) is 24.5 Å². The van der Waals surface area contributed by atoms with Gasteiger partial charge < -0.3 is 29.6 Å². The first kappa shape index (κ1) is 39.3. The van der Waals surface area contributed by atoms with Crippen molar-refractivity contribution in [3.63, 3.8) is 0 Å². The van der Waals surface area contributed by atoms with Crippen molar-refractivity contribution < 1.29 is 28.5 Å². The van der Waals surface area contributed by atoms with E-state index in [1.54, 1.807) is 84.9 Å². The largest absolute Gasteiger partial charge is 0.482 e. The zero-order chi connectivity index (χ0) is 39.0. The van der Waals surface area contributed by atoms with Gasteiger partial charge in [0.2, 0.25) is 0 Å². The fraction of sp³-hybridized carbons (Fsp3) is 0.116. The van der Waals surface area contributed by atoms with Crippen LogP contribution in [0.25, 0.3) is 0 Å². The number of rotatable bonds is 14. The smallest absolute Gasteiger partial charge is 0.262 e. The quantitative estimate of drug-likeness (QED) is 0.114. The summed E-state index contributed by atoms with van der Waals surface area (Å²) in [6.07, 6.45) is 0. The Labute approximate surface area is 338 Å². The van der Waals surface area contributed by atoms with Crippen molar-refractivity contribution in [1.82, 2.24) is 0 Å². The van der Waals surface area contributed by atoms with E-state index >= 15 is 0 Å². The van der Waals surface area contributed by atoms with Gasteiger partial charge in [0.15, 0.2) is 13.2 Å². The molecule has 280 valence electrons. The molecule has 8 nitrogen and oxygen atoms in total. The van der Waals surface area contributed by atoms with E-state index in [0.717, 1.165) is 11.1 Å². The molecule has 0 spiro atoms. The standard InChI is InChI=1S/C43H34Cl4N2O6/c1-43(2,27-3-13-33(14-4-27)54-35-17-9-31(10-18-35)48-41(50)25-52-39-21-7-29(44)23-37(39)46)28-5-15-34(16-6-28)55-36-19-11-32(12-20-36)49-42(51)26-53-40-22-8-30(45)24-38(40)47/h3-24H,25-26H2,1-2H3,(H,48,50)(H,49,51). The number of carbonyl (C=O) groups is 2. The summed E-state index contributed by atoms with van der Waals surface area (Å²) in [5.41, 5.74) is 3.10. The highest BCUT2D eigenvalue weighted by molar-refractivity contribution is 6.36. The molecule has 2 amide bonds. The molecule has 55 heavy (non-hydrogen) atoms. The molecule has 6 aromatic rings. The fourth-order valence-electron chi connectivity index (χ4n) is 5.40. The maximum atomic E-state index is 12.4. The summed E-state index contributed by atoms with van der Waals surface area (Å²) in [5.74, 6) is 2.67. The van der Waals surface area contributed by atoms with Gasteiger partial charge in [0, 0.05) is 26.8 Å². The average molecular weight is 817 g/mol. The van der Waals surface area contributed by atoms with Crippen molar-refractivity contribution in [2.45, 2.75) is 19.3 Å². The van der Waals surface area contributed by atoms with Crippen LogP contribution in [0.3, 0.4) is 0 Å². The van der Waals surface area contributed by atoms with Crippen LogP contribution in [0.5, 0.6) is 34.5 Å². The summed E-state index contributed by atoms with van der Waals surface area (Å²) < 4.78 is 23.1. The summed E-state index contributed by atoms with van der Waals surface area (Å²) in [6.45, 7) is 3.90. The van der Waals surface area contributed by atoms with Gasteiger partial charge in [0.25, 0.3) is 11.8 Å². The minimum Gasteiger partial charge on any atom is -0.482 e. The molecule has 0 aliphatic heterocycles. The van der Waals surface area contributed by atoms with E-state index in [1.165, 1.54) is 0 Å². The Morgan fingerprint density at radius 3 is 1.15 bits per heavy atom. The lowest BCUT2D eigenvalue weighted by atomic mass is 9.78. The van der Waals surface area contributed by atoms with Gasteiger partial charge in [-0.1, -0.05) is 84.5 Å². The molecule has 2 N–H and O–H groups in total. The lowest BCUT2D eigenvalue weighted by molar-refractivity contribution is -0.118. The van der Waals surface area contributed by atoms with E-state index < -0.39 is 0 Å². The molecule has 0 atom stereocenters. The van der Waals surface area contributed by atoms with Crippen LogP contribution < -0.4 is 29.6 Å². The molecule has 0 fully saturated rings. The Bertz CT molecular complexity index is 2100. The number of carbonyl (C=O) groups excluding carboxylic acids is 2. The second-order valence-electron chi connectivity index (χ2n) is 12.7. The van der Waals surface area contributed by atoms with E-state index in [0.29, 0.717) is 66.0 Å². The number of benzene rings is 6. The van der Waals surface area contributed by atoms with Crippen molar-refractivity contribution in [2.75, 3.05) is 23.8 Å². The van der Waals surface area contributed by atoms with Gasteiger partial charge >= 0.3 is 0 Å². The summed E-state index contributed by atoms with van der Waals surface area (Å²) in [4.78, 5) is 24.8. The number of halogens is 4. The topological polar surface area (TPSA) is 95.1 Å². The van der Waals surface area contributed by atoms with Crippen molar-refractivity contribution >= 4 is 69.6 Å². The Morgan fingerprint density at radius 1 is 0.491 bits per heavy atom. The first-order valence-electron chi connectivity index (χ1n) is 16.9. The predicted octanol–water partition coefficient (Wildman–Crippen LogP) is 12.2. The summed E-state index contributed by atoms with van der Waals surface area (Å²) in [5, 5.41) is 7.20. The van der Waals surface area contributed by atoms with Crippen molar-refractivity contribution in [1.29, 1.82) is 0 Å². The average Bonchev–Trinajstić information content (AvgIpc) is 3.16. The second kappa shape index (κ2) is 17.8. The molecule has 0 aliphatic carbocycles. The lowest BCUT2D eigenvalue weighted by Crippen LogP contribution is -2.20. The van der Waals surface area contributed by atoms with Crippen LogP contribution in [0.15, 0.2) is 133 Å². The normalized spacial score (nSPS) is 11.0. The summed E-state index contributed by atoms with van der Waals surface area (Å²) in [7, 11) is 0. The molecule has 0 saturated heterocycles. The second-order valence-corrected chi connectivity index (χ2v) is 14.4. The third-order valence-electron chi connectivity index (χ3n) is 8.40. The van der Waals surface area contributed by atoms with Gasteiger partial charge in [0.1, 0.15) is 34.5 Å². The van der Waals surface area contributed by atoms with Gasteiger partial charge in [-0.3, -0.25) is 9.59 Å². The minimum atomic E-state index is -0.334. The molecule has 0 unspecified atom stereocenters. The SMILES string of the molecule is CC(C)(c1ccc(Oc2ccc(NC(=O)COc3ccc(Cl)cc3Cl)cc2)cc1)c1ccc(Oc2ccc(NC(=O)COc3ccc(Cl)cc3Cl)cc2)cc1. The molecule has 0 aliphatic rings. The first-order chi connectivity index (χ1) is 26.4. The molecular formula is C43H34Cl4N2O6. The van der Waals surface area contributed by atoms with Crippen molar-refractivity contribution in [3.05, 3.63) is 165 Å². The number of ether oxygens (including phenoxy) is 4. The van der Waals surface area contributed by atoms with E-state index in [1.807, 2.05) is 48.5 Å². The van der Waals surface area contributed by atoms with Gasteiger partial charge in [-0.15, -0.1) is 0 Å². The third kappa shape index (κ3) is 10.9. The molecule has 0 heterocycles. The van der Waals surface area contributed by atoms with E-state index in [9.17, 15) is 9.59 Å². The molecule has 0 saturated carbocycles. The van der Waals surface area contributed by atoms with E-state index in [4.69, 9.17) is 65.4 Å². The molecule has 0 aromatic heterocycles. The molecule has 12 heteroatoms. The zero-order valence-corrected chi connectivity index (χ0v) is 32.6. The highest BCUT2D eigenvalue weighted by Gasteiger charge is 2.23. The van der Waals surface area contributed by atoms with Crippen LogP contribution in [0.2, 0.25) is 20.1 Å². The van der Waals surface area contributed by atoms with Crippen LogP contribution >= 0.6 is 46.4 Å². The van der Waals surface area contributed by atoms with Crippen molar-refractivity contribution in [2.24, 2.45) is 0 Å². The third-order valence-corrected chi connectivity index (χ3v) is 9.47. The Balaban J connectivity index is 0.968. The molecular weight excluding hydrogens is 782 g/mol. The fourth-order valence-corrected chi connectivity index (χ4v) is 6.32. The monoisotopic (exact) mass is 814 g/mol. The highest BCUT2D eigenvalue weighted by Crippen LogP contribution is 2.35. The Kier molecular flexibility index (Phi) is 12.8. The van der Waals surface area contributed by atoms with Crippen LogP contribution in [0.4, 0.5) is 11.4 Å². The molecule has 0 radical (unpaired) electrons. The maximum Gasteiger partial charge on any atom is 0.262 e. The summed E-state index contributed by atoms with van der Waals surface area (Å²) >= 11 is 24.0. The van der Waals surface area contributed by atoms with E-state index in [-0.39, 0.29) is 30.4 Å². The molecule has 6 aromatic carbocycles. The van der Waals surface area contributed by atoms with Crippen LogP contribution in [-0.2, 0) is 15.0 Å². The van der Waals surface area contributed by atoms with Gasteiger partial charge in [-0.05, 0) is 120 Å². The molecule has 0 bridgehead atoms. The number of hydrogen-bond acceptors (Lipinski definition) is 6. The zero-order valence-electron chi connectivity index (χ0n) is 29.6. The first-order valence-corrected chi connectivity index (χ1v) is 18.4.